The Morgan fingerprint density at radius 1 is 1.36 bits per heavy atom. The first-order chi connectivity index (χ1) is 10.4. The molecule has 0 radical (unpaired) electrons. The van der Waals surface area contributed by atoms with Crippen LogP contribution >= 0.6 is 0 Å². The molecule has 1 aliphatic heterocycles. The highest BCUT2D eigenvalue weighted by atomic mass is 32.2. The minimum atomic E-state index is -3.41. The highest BCUT2D eigenvalue weighted by molar-refractivity contribution is 7.89. The van der Waals surface area contributed by atoms with Crippen LogP contribution in [0, 0.1) is 0 Å². The number of rotatable bonds is 9. The van der Waals surface area contributed by atoms with E-state index < -0.39 is 28.6 Å². The molecule has 0 aromatic heterocycles. The quantitative estimate of drug-likeness (QED) is 0.564. The molecule has 2 N–H and O–H groups in total. The smallest absolute Gasteiger partial charge is 0.329 e. The van der Waals surface area contributed by atoms with E-state index >= 15 is 0 Å². The standard InChI is InChI=1S/C13H24N2O6S/c1-2-9-22(19,20)15-7-4-3-5-11(15)13(18)14-6-8-21-10-12(16)17/h11H,2-10H2,1H3,(H,14,18)(H,16,17). The number of ether oxygens (including phenoxy) is 1. The second-order valence-electron chi connectivity index (χ2n) is 5.18. The van der Waals surface area contributed by atoms with Crippen molar-refractivity contribution in [2.45, 2.75) is 38.6 Å². The van der Waals surface area contributed by atoms with E-state index in [0.717, 1.165) is 12.8 Å². The summed E-state index contributed by atoms with van der Waals surface area (Å²) in [4.78, 5) is 22.4. The number of aliphatic carboxylic acids is 1. The lowest BCUT2D eigenvalue weighted by molar-refractivity contribution is -0.142. The van der Waals surface area contributed by atoms with E-state index in [-0.39, 0.29) is 24.8 Å². The fourth-order valence-electron chi connectivity index (χ4n) is 2.40. The monoisotopic (exact) mass is 336 g/mol. The van der Waals surface area contributed by atoms with E-state index in [4.69, 9.17) is 9.84 Å². The van der Waals surface area contributed by atoms with Gasteiger partial charge in [-0.05, 0) is 19.3 Å². The van der Waals surface area contributed by atoms with Gasteiger partial charge in [-0.3, -0.25) is 4.79 Å². The Kier molecular flexibility index (Phi) is 7.77. The van der Waals surface area contributed by atoms with Crippen molar-refractivity contribution >= 4 is 21.9 Å². The minimum absolute atomic E-state index is 0.0402. The molecule has 128 valence electrons. The summed E-state index contributed by atoms with van der Waals surface area (Å²) in [7, 11) is -3.41. The van der Waals surface area contributed by atoms with Crippen LogP contribution in [0.4, 0.5) is 0 Å². The molecular weight excluding hydrogens is 312 g/mol. The van der Waals surface area contributed by atoms with E-state index in [1.807, 2.05) is 0 Å². The Labute approximate surface area is 130 Å². The number of nitrogens with zero attached hydrogens (tertiary/aromatic N) is 1. The summed E-state index contributed by atoms with van der Waals surface area (Å²) < 4.78 is 30.5. The number of carbonyl (C=O) groups is 2. The molecule has 8 nitrogen and oxygen atoms in total. The second kappa shape index (κ2) is 9.06. The van der Waals surface area contributed by atoms with E-state index in [1.165, 1.54) is 4.31 Å². The molecule has 1 unspecified atom stereocenters. The molecule has 1 saturated heterocycles. The van der Waals surface area contributed by atoms with Gasteiger partial charge in [0.1, 0.15) is 12.6 Å². The fourth-order valence-corrected chi connectivity index (χ4v) is 4.15. The predicted molar refractivity (Wildman–Crippen MR) is 79.9 cm³/mol. The molecule has 1 aliphatic rings. The van der Waals surface area contributed by atoms with Gasteiger partial charge in [-0.25, -0.2) is 13.2 Å². The van der Waals surface area contributed by atoms with Crippen LogP contribution < -0.4 is 5.32 Å². The number of amides is 1. The molecule has 9 heteroatoms. The van der Waals surface area contributed by atoms with Gasteiger partial charge in [0.05, 0.1) is 12.4 Å². The van der Waals surface area contributed by atoms with Crippen molar-refractivity contribution in [2.75, 3.05) is 32.1 Å². The van der Waals surface area contributed by atoms with Crippen molar-refractivity contribution in [2.24, 2.45) is 0 Å². The minimum Gasteiger partial charge on any atom is -0.480 e. The zero-order valence-electron chi connectivity index (χ0n) is 12.8. The van der Waals surface area contributed by atoms with E-state index in [9.17, 15) is 18.0 Å². The van der Waals surface area contributed by atoms with Crippen molar-refractivity contribution < 1.29 is 27.9 Å². The molecule has 0 spiro atoms. The number of piperidine rings is 1. The third kappa shape index (κ3) is 5.90. The summed E-state index contributed by atoms with van der Waals surface area (Å²) in [6, 6.07) is -0.676. The van der Waals surface area contributed by atoms with Gasteiger partial charge in [-0.15, -0.1) is 0 Å². The largest absolute Gasteiger partial charge is 0.480 e. The maximum atomic E-state index is 12.2. The Balaban J connectivity index is 2.52. The molecule has 0 bridgehead atoms. The number of hydrogen-bond donors (Lipinski definition) is 2. The molecule has 0 aliphatic carbocycles. The average molecular weight is 336 g/mol. The average Bonchev–Trinajstić information content (AvgIpc) is 2.46. The SMILES string of the molecule is CCCS(=O)(=O)N1CCCCC1C(=O)NCCOCC(=O)O. The number of nitrogens with one attached hydrogen (secondary N) is 1. The number of sulfonamides is 1. The number of hydrogen-bond acceptors (Lipinski definition) is 5. The molecule has 1 rings (SSSR count). The highest BCUT2D eigenvalue weighted by Crippen LogP contribution is 2.21. The maximum Gasteiger partial charge on any atom is 0.329 e. The summed E-state index contributed by atoms with van der Waals surface area (Å²) >= 11 is 0. The van der Waals surface area contributed by atoms with Crippen LogP contribution in [0.5, 0.6) is 0 Å². The number of carboxylic acid groups (broad SMARTS) is 1. The van der Waals surface area contributed by atoms with Crippen LogP contribution in [0.1, 0.15) is 32.6 Å². The predicted octanol–water partition coefficient (Wildman–Crippen LogP) is -0.202. The lowest BCUT2D eigenvalue weighted by atomic mass is 10.0. The van der Waals surface area contributed by atoms with Gasteiger partial charge >= 0.3 is 5.97 Å². The normalized spacial score (nSPS) is 19.8. The summed E-state index contributed by atoms with van der Waals surface area (Å²) in [5.41, 5.74) is 0. The third-order valence-corrected chi connectivity index (χ3v) is 5.42. The number of carboxylic acids is 1. The first kappa shape index (κ1) is 18.9. The van der Waals surface area contributed by atoms with Gasteiger partial charge < -0.3 is 15.2 Å². The Morgan fingerprint density at radius 2 is 2.09 bits per heavy atom. The van der Waals surface area contributed by atoms with Crippen molar-refractivity contribution in [3.63, 3.8) is 0 Å². The van der Waals surface area contributed by atoms with Gasteiger partial charge in [0.2, 0.25) is 15.9 Å². The summed E-state index contributed by atoms with van der Waals surface area (Å²) in [5.74, 6) is -1.38. The Bertz CT molecular complexity index is 479. The van der Waals surface area contributed by atoms with Crippen LogP contribution in [0.15, 0.2) is 0 Å². The zero-order valence-corrected chi connectivity index (χ0v) is 13.6. The molecule has 1 amide bonds. The first-order valence-corrected chi connectivity index (χ1v) is 9.06. The molecule has 0 aromatic rings. The van der Waals surface area contributed by atoms with Crippen LogP contribution in [-0.2, 0) is 24.3 Å². The van der Waals surface area contributed by atoms with Crippen LogP contribution in [0.3, 0.4) is 0 Å². The van der Waals surface area contributed by atoms with Crippen LogP contribution in [-0.4, -0.2) is 67.8 Å². The zero-order chi connectivity index (χ0) is 16.6. The van der Waals surface area contributed by atoms with Crippen LogP contribution in [0.2, 0.25) is 0 Å². The molecule has 0 saturated carbocycles. The van der Waals surface area contributed by atoms with Crippen LogP contribution in [0.25, 0.3) is 0 Å². The maximum absolute atomic E-state index is 12.2. The molecule has 1 heterocycles. The lowest BCUT2D eigenvalue weighted by Gasteiger charge is -2.33. The Hall–Kier alpha value is -1.19. The lowest BCUT2D eigenvalue weighted by Crippen LogP contribution is -2.52. The van der Waals surface area contributed by atoms with Crippen molar-refractivity contribution in [1.82, 2.24) is 9.62 Å². The van der Waals surface area contributed by atoms with Gasteiger partial charge in [0.25, 0.3) is 0 Å². The molecule has 1 fully saturated rings. The van der Waals surface area contributed by atoms with E-state index in [1.54, 1.807) is 6.92 Å². The van der Waals surface area contributed by atoms with E-state index in [0.29, 0.717) is 19.4 Å². The van der Waals surface area contributed by atoms with Gasteiger partial charge in [0, 0.05) is 13.1 Å². The van der Waals surface area contributed by atoms with Gasteiger partial charge in [-0.1, -0.05) is 13.3 Å². The van der Waals surface area contributed by atoms with Crippen molar-refractivity contribution in [3.05, 3.63) is 0 Å². The molecule has 22 heavy (non-hydrogen) atoms. The van der Waals surface area contributed by atoms with E-state index in [2.05, 4.69) is 5.32 Å². The molecular formula is C13H24N2O6S. The molecule has 0 aromatic carbocycles. The second-order valence-corrected chi connectivity index (χ2v) is 7.22. The van der Waals surface area contributed by atoms with Gasteiger partial charge in [0.15, 0.2) is 0 Å². The molecule has 1 atom stereocenters. The summed E-state index contributed by atoms with van der Waals surface area (Å²) in [6.07, 6.45) is 2.58. The first-order valence-electron chi connectivity index (χ1n) is 7.45. The fraction of sp³-hybridized carbons (Fsp3) is 0.846. The highest BCUT2D eigenvalue weighted by Gasteiger charge is 2.35. The third-order valence-electron chi connectivity index (χ3n) is 3.35. The summed E-state index contributed by atoms with van der Waals surface area (Å²) in [6.45, 7) is 1.97. The summed E-state index contributed by atoms with van der Waals surface area (Å²) in [5, 5.41) is 11.0. The van der Waals surface area contributed by atoms with Crippen molar-refractivity contribution in [3.8, 4) is 0 Å². The van der Waals surface area contributed by atoms with Gasteiger partial charge in [-0.2, -0.15) is 4.31 Å². The number of carbonyl (C=O) groups excluding carboxylic acids is 1. The topological polar surface area (TPSA) is 113 Å². The Morgan fingerprint density at radius 3 is 2.73 bits per heavy atom. The van der Waals surface area contributed by atoms with Crippen molar-refractivity contribution in [1.29, 1.82) is 0 Å².